The summed E-state index contributed by atoms with van der Waals surface area (Å²) in [6.07, 6.45) is 17.4. The van der Waals surface area contributed by atoms with Crippen LogP contribution in [-0.4, -0.2) is 57.3 Å². The second-order valence-electron chi connectivity index (χ2n) is 16.9. The Bertz CT molecular complexity index is 1640. The van der Waals surface area contributed by atoms with E-state index < -0.39 is 22.3 Å². The molecule has 0 aromatic rings. The molecule has 4 rings (SSSR count). The maximum absolute atomic E-state index is 13.5. The van der Waals surface area contributed by atoms with Crippen molar-refractivity contribution in [1.82, 2.24) is 4.90 Å². The summed E-state index contributed by atoms with van der Waals surface area (Å²) in [5.74, 6) is 0.906. The topological polar surface area (TPSA) is 126 Å². The average Bonchev–Trinajstić information content (AvgIpc) is 3.43. The number of nitrogens with zero attached hydrogens (tertiary/aromatic N) is 3. The Morgan fingerprint density at radius 3 is 2.40 bits per heavy atom. The molecule has 4 aliphatic carbocycles. The first-order valence-corrected chi connectivity index (χ1v) is 20.5. The lowest BCUT2D eigenvalue weighted by molar-refractivity contribution is -0.0426. The summed E-state index contributed by atoms with van der Waals surface area (Å²) in [5.41, 5.74) is 4.37. The number of fused-ring (bicyclic) bond motifs is 5. The van der Waals surface area contributed by atoms with E-state index >= 15 is 0 Å². The lowest BCUT2D eigenvalue weighted by atomic mass is 9.46. The van der Waals surface area contributed by atoms with Crippen LogP contribution in [-0.2, 0) is 14.3 Å². The highest BCUT2D eigenvalue weighted by molar-refractivity contribution is 7.91. The van der Waals surface area contributed by atoms with Gasteiger partial charge < -0.3 is 10.0 Å². The molecule has 0 saturated heterocycles. The molecule has 10 heteroatoms. The first-order chi connectivity index (χ1) is 24.4. The molecule has 0 heterocycles. The Kier molecular flexibility index (Phi) is 13.7. The van der Waals surface area contributed by atoms with Crippen LogP contribution in [0.2, 0.25) is 0 Å². The van der Waals surface area contributed by atoms with Gasteiger partial charge in [0.25, 0.3) is 10.1 Å². The van der Waals surface area contributed by atoms with Crippen molar-refractivity contribution < 1.29 is 17.7 Å². The van der Waals surface area contributed by atoms with Gasteiger partial charge in [-0.05, 0) is 136 Å². The van der Waals surface area contributed by atoms with Gasteiger partial charge in [0.15, 0.2) is 0 Å². The Balaban J connectivity index is 1.39. The van der Waals surface area contributed by atoms with Gasteiger partial charge in [-0.1, -0.05) is 86.2 Å². The van der Waals surface area contributed by atoms with Crippen LogP contribution in [0.25, 0.3) is 0 Å². The molecule has 0 spiro atoms. The normalized spacial score (nSPS) is 33.8. The molecule has 10 unspecified atom stereocenters. The standard InChI is InChI=1S/C42H63N3O6S/c1-11-14-40(31(27(2)3)17-13-16-30(6)45(9)10)52(49,50)51-26-28(4)15-12-18-37(43-47)35-20-19-33-32-23-29(5)36-24-38(44-48)39(46)25-42(36,8)34(32)21-22-41(33,35)7/h11,13-14,16-17,23,28,33-39,46H,2,5,12,15,18-22,24-26H2,1,3-4,6-10H3/b14-11-,17-13-,30-16+,40-31-. The molecule has 4 aliphatic rings. The SMILES string of the molecule is C=C(C)C(/C=C\C=C(/C)N(C)C)=C(/C=C\C)S(=O)(=O)OCC(C)CCCC(N=O)C1CCC2C3=CC(=C)C4CC(N=O)C(O)CC4(C)C3CCC21C. The molecule has 3 fully saturated rings. The van der Waals surface area contributed by atoms with Crippen LogP contribution in [0.3, 0.4) is 0 Å². The fraction of sp³-hybridized carbons (Fsp3) is 0.667. The van der Waals surface area contributed by atoms with E-state index in [9.17, 15) is 23.3 Å². The van der Waals surface area contributed by atoms with Crippen molar-refractivity contribution in [2.45, 2.75) is 118 Å². The van der Waals surface area contributed by atoms with Crippen LogP contribution in [0.15, 0.2) is 92.9 Å². The molecule has 0 amide bonds. The Morgan fingerprint density at radius 1 is 1.10 bits per heavy atom. The molecule has 1 N–H and O–H groups in total. The third-order valence-corrected chi connectivity index (χ3v) is 14.5. The molecule has 0 bridgehead atoms. The van der Waals surface area contributed by atoms with E-state index in [-0.39, 0.29) is 46.1 Å². The van der Waals surface area contributed by atoms with Crippen LogP contribution < -0.4 is 0 Å². The number of hydrogen-bond acceptors (Lipinski definition) is 9. The van der Waals surface area contributed by atoms with Gasteiger partial charge in [0.2, 0.25) is 0 Å². The Labute approximate surface area is 313 Å². The summed E-state index contributed by atoms with van der Waals surface area (Å²) in [7, 11) is -0.176. The highest BCUT2D eigenvalue weighted by atomic mass is 32.2. The highest BCUT2D eigenvalue weighted by Gasteiger charge is 2.60. The van der Waals surface area contributed by atoms with Crippen molar-refractivity contribution >= 4 is 10.1 Å². The monoisotopic (exact) mass is 737 g/mol. The van der Waals surface area contributed by atoms with Gasteiger partial charge in [0.1, 0.15) is 10.9 Å². The number of hydrogen-bond donors (Lipinski definition) is 1. The van der Waals surface area contributed by atoms with E-state index in [4.69, 9.17) is 4.18 Å². The molecule has 288 valence electrons. The van der Waals surface area contributed by atoms with Gasteiger partial charge in [-0.15, -0.1) is 0 Å². The molecular weight excluding hydrogens is 675 g/mol. The van der Waals surface area contributed by atoms with E-state index in [1.54, 1.807) is 32.1 Å². The van der Waals surface area contributed by atoms with E-state index in [0.717, 1.165) is 43.4 Å². The Morgan fingerprint density at radius 2 is 1.79 bits per heavy atom. The molecule has 0 radical (unpaired) electrons. The molecule has 10 atom stereocenters. The third kappa shape index (κ3) is 8.55. The number of aliphatic hydroxyl groups excluding tert-OH is 1. The molecule has 9 nitrogen and oxygen atoms in total. The van der Waals surface area contributed by atoms with E-state index in [2.05, 4.69) is 43.4 Å². The van der Waals surface area contributed by atoms with Crippen molar-refractivity contribution in [3.8, 4) is 0 Å². The van der Waals surface area contributed by atoms with Crippen LogP contribution in [0.4, 0.5) is 0 Å². The van der Waals surface area contributed by atoms with Gasteiger partial charge in [-0.25, -0.2) is 0 Å². The Hall–Kier alpha value is -2.95. The van der Waals surface area contributed by atoms with Crippen LogP contribution >= 0.6 is 0 Å². The van der Waals surface area contributed by atoms with Gasteiger partial charge >= 0.3 is 0 Å². The van der Waals surface area contributed by atoms with E-state index in [1.807, 2.05) is 45.0 Å². The molecule has 0 aromatic heterocycles. The molecular formula is C42H63N3O6S. The van der Waals surface area contributed by atoms with Crippen LogP contribution in [0.1, 0.15) is 99.3 Å². The minimum Gasteiger partial charge on any atom is -0.391 e. The number of allylic oxidation sites excluding steroid dienone is 11. The highest BCUT2D eigenvalue weighted by Crippen LogP contribution is 2.67. The zero-order valence-corrected chi connectivity index (χ0v) is 33.6. The summed E-state index contributed by atoms with van der Waals surface area (Å²) >= 11 is 0. The second kappa shape index (κ2) is 17.0. The van der Waals surface area contributed by atoms with E-state index in [0.29, 0.717) is 48.7 Å². The van der Waals surface area contributed by atoms with Gasteiger partial charge in [-0.2, -0.15) is 18.2 Å². The summed E-state index contributed by atoms with van der Waals surface area (Å²) in [4.78, 5) is 25.9. The quantitative estimate of drug-likeness (QED) is 0.0950. The smallest absolute Gasteiger partial charge is 0.297 e. The molecule has 0 aromatic carbocycles. The number of rotatable bonds is 16. The predicted molar refractivity (Wildman–Crippen MR) is 211 cm³/mol. The fourth-order valence-electron chi connectivity index (χ4n) is 10.0. The first kappa shape index (κ1) is 41.8. The second-order valence-corrected chi connectivity index (χ2v) is 18.4. The number of nitroso groups, excluding NO2 is 2. The molecule has 0 aliphatic heterocycles. The minimum absolute atomic E-state index is 0.0379. The largest absolute Gasteiger partial charge is 0.391 e. The predicted octanol–water partition coefficient (Wildman–Crippen LogP) is 9.55. The molecule has 3 saturated carbocycles. The zero-order valence-electron chi connectivity index (χ0n) is 32.8. The van der Waals surface area contributed by atoms with Gasteiger partial charge in [-0.3, -0.25) is 4.18 Å². The lowest BCUT2D eigenvalue weighted by Gasteiger charge is -2.58. The average molecular weight is 738 g/mol. The maximum atomic E-state index is 13.5. The van der Waals surface area contributed by atoms with E-state index in [1.165, 1.54) is 5.57 Å². The summed E-state index contributed by atoms with van der Waals surface area (Å²) in [6.45, 7) is 20.6. The van der Waals surface area contributed by atoms with Crippen molar-refractivity contribution in [3.05, 3.63) is 92.3 Å². The van der Waals surface area contributed by atoms with Crippen molar-refractivity contribution in [3.63, 3.8) is 0 Å². The fourth-order valence-corrected chi connectivity index (χ4v) is 11.4. The van der Waals surface area contributed by atoms with Gasteiger partial charge in [0, 0.05) is 19.8 Å². The van der Waals surface area contributed by atoms with Crippen molar-refractivity contribution in [2.75, 3.05) is 20.7 Å². The van der Waals surface area contributed by atoms with Crippen LogP contribution in [0.5, 0.6) is 0 Å². The zero-order chi connectivity index (χ0) is 38.6. The third-order valence-electron chi connectivity index (χ3n) is 13.2. The summed E-state index contributed by atoms with van der Waals surface area (Å²) in [6, 6.07) is -0.892. The lowest BCUT2D eigenvalue weighted by Crippen LogP contribution is -2.53. The maximum Gasteiger partial charge on any atom is 0.297 e. The van der Waals surface area contributed by atoms with Crippen LogP contribution in [0, 0.1) is 50.2 Å². The summed E-state index contributed by atoms with van der Waals surface area (Å²) < 4.78 is 32.6. The first-order valence-electron chi connectivity index (χ1n) is 19.1. The number of aliphatic hydroxyl groups is 1. The van der Waals surface area contributed by atoms with Crippen molar-refractivity contribution in [2.24, 2.45) is 50.8 Å². The van der Waals surface area contributed by atoms with Gasteiger partial charge in [0.05, 0.1) is 18.8 Å². The minimum atomic E-state index is -4.07. The molecule has 52 heavy (non-hydrogen) atoms. The summed E-state index contributed by atoms with van der Waals surface area (Å²) in [5, 5.41) is 17.8. The van der Waals surface area contributed by atoms with Crippen molar-refractivity contribution in [1.29, 1.82) is 0 Å².